The van der Waals surface area contributed by atoms with Crippen molar-refractivity contribution in [3.63, 3.8) is 0 Å². The first-order valence-electron chi connectivity index (χ1n) is 5.46. The molecule has 0 bridgehead atoms. The first kappa shape index (κ1) is 12.9. The Kier molecular flexibility index (Phi) is 5.54. The fourth-order valence-electron chi connectivity index (χ4n) is 1.65. The minimum absolute atomic E-state index is 0.204. The van der Waals surface area contributed by atoms with Crippen LogP contribution in [0.5, 0.6) is 0 Å². The fraction of sp³-hybridized carbons (Fsp3) is 0.583. The van der Waals surface area contributed by atoms with E-state index in [1.54, 1.807) is 11.3 Å². The summed E-state index contributed by atoms with van der Waals surface area (Å²) in [6.07, 6.45) is 4.27. The average Bonchev–Trinajstić information content (AvgIpc) is 2.65. The van der Waals surface area contributed by atoms with Crippen molar-refractivity contribution in [1.29, 1.82) is 0 Å². The second-order valence-electron chi connectivity index (χ2n) is 3.75. The molecule has 1 rings (SSSR count). The molecule has 0 radical (unpaired) electrons. The Hall–Kier alpha value is -0.150. The monoisotopic (exact) mass is 288 g/mol. The van der Waals surface area contributed by atoms with E-state index in [9.17, 15) is 4.79 Å². The molecule has 1 unspecified atom stereocenters. The molecule has 0 aromatic carbocycles. The van der Waals surface area contributed by atoms with Gasteiger partial charge in [-0.2, -0.15) is 11.3 Å². The standard InChI is InChI=1S/C12H17BrOS/c1-3-5-6-9(4-2)12(14)10-7-15-8-11(10)13/h7-9H,3-6H2,1-2H3. The molecule has 1 nitrogen and oxygen atoms in total. The number of rotatable bonds is 6. The van der Waals surface area contributed by atoms with Crippen LogP contribution in [0.1, 0.15) is 49.9 Å². The van der Waals surface area contributed by atoms with E-state index in [0.29, 0.717) is 5.78 Å². The second-order valence-corrected chi connectivity index (χ2v) is 5.34. The van der Waals surface area contributed by atoms with E-state index in [1.807, 2.05) is 10.8 Å². The van der Waals surface area contributed by atoms with E-state index in [4.69, 9.17) is 0 Å². The zero-order valence-corrected chi connectivity index (χ0v) is 11.7. The molecule has 0 aliphatic carbocycles. The minimum atomic E-state index is 0.204. The van der Waals surface area contributed by atoms with Crippen LogP contribution in [0.2, 0.25) is 0 Å². The highest BCUT2D eigenvalue weighted by atomic mass is 79.9. The lowest BCUT2D eigenvalue weighted by Gasteiger charge is -2.12. The molecule has 0 saturated heterocycles. The maximum Gasteiger partial charge on any atom is 0.167 e. The molecule has 0 fully saturated rings. The molecule has 1 aromatic heterocycles. The molecule has 0 aliphatic rings. The van der Waals surface area contributed by atoms with Gasteiger partial charge in [0.1, 0.15) is 0 Å². The van der Waals surface area contributed by atoms with Gasteiger partial charge in [-0.25, -0.2) is 0 Å². The van der Waals surface area contributed by atoms with E-state index >= 15 is 0 Å². The van der Waals surface area contributed by atoms with Crippen molar-refractivity contribution in [2.24, 2.45) is 5.92 Å². The van der Waals surface area contributed by atoms with Crippen LogP contribution in [0.25, 0.3) is 0 Å². The Labute approximate surface area is 104 Å². The molecule has 1 heterocycles. The van der Waals surface area contributed by atoms with Crippen molar-refractivity contribution >= 4 is 33.0 Å². The Balaban J connectivity index is 2.69. The predicted octanol–water partition coefficient (Wildman–Crippen LogP) is 4.91. The summed E-state index contributed by atoms with van der Waals surface area (Å²) in [5.41, 5.74) is 0.864. The third kappa shape index (κ3) is 3.42. The van der Waals surface area contributed by atoms with Crippen LogP contribution in [0, 0.1) is 5.92 Å². The second kappa shape index (κ2) is 6.44. The van der Waals surface area contributed by atoms with Crippen molar-refractivity contribution < 1.29 is 4.79 Å². The minimum Gasteiger partial charge on any atom is -0.294 e. The van der Waals surface area contributed by atoms with Crippen LogP contribution in [-0.2, 0) is 0 Å². The van der Waals surface area contributed by atoms with Crippen molar-refractivity contribution in [2.45, 2.75) is 39.5 Å². The van der Waals surface area contributed by atoms with E-state index < -0.39 is 0 Å². The van der Waals surface area contributed by atoms with Crippen LogP contribution >= 0.6 is 27.3 Å². The molecule has 84 valence electrons. The molecule has 1 atom stereocenters. The lowest BCUT2D eigenvalue weighted by Crippen LogP contribution is -2.13. The van der Waals surface area contributed by atoms with Gasteiger partial charge < -0.3 is 0 Å². The van der Waals surface area contributed by atoms with Crippen molar-refractivity contribution in [3.8, 4) is 0 Å². The van der Waals surface area contributed by atoms with Crippen LogP contribution in [-0.4, -0.2) is 5.78 Å². The van der Waals surface area contributed by atoms with Crippen molar-refractivity contribution in [1.82, 2.24) is 0 Å². The van der Waals surface area contributed by atoms with Gasteiger partial charge >= 0.3 is 0 Å². The lowest BCUT2D eigenvalue weighted by molar-refractivity contribution is 0.0908. The molecular weight excluding hydrogens is 272 g/mol. The van der Waals surface area contributed by atoms with Gasteiger partial charge in [-0.05, 0) is 28.8 Å². The summed E-state index contributed by atoms with van der Waals surface area (Å²) < 4.78 is 0.951. The number of carbonyl (C=O) groups excluding carboxylic acids is 1. The van der Waals surface area contributed by atoms with Gasteiger partial charge in [0.2, 0.25) is 0 Å². The fourth-order valence-corrected chi connectivity index (χ4v) is 3.13. The number of Topliss-reactive ketones (excluding diaryl/α,β-unsaturated/α-hetero) is 1. The Morgan fingerprint density at radius 3 is 2.67 bits per heavy atom. The first-order valence-corrected chi connectivity index (χ1v) is 7.20. The van der Waals surface area contributed by atoms with E-state index in [1.165, 1.54) is 0 Å². The summed E-state index contributed by atoms with van der Waals surface area (Å²) in [6, 6.07) is 0. The average molecular weight is 289 g/mol. The van der Waals surface area contributed by atoms with Crippen molar-refractivity contribution in [2.75, 3.05) is 0 Å². The number of halogens is 1. The van der Waals surface area contributed by atoms with E-state index in [-0.39, 0.29) is 5.92 Å². The van der Waals surface area contributed by atoms with Crippen LogP contribution in [0.4, 0.5) is 0 Å². The lowest BCUT2D eigenvalue weighted by atomic mass is 9.92. The first-order chi connectivity index (χ1) is 7.20. The molecule has 0 saturated carbocycles. The summed E-state index contributed by atoms with van der Waals surface area (Å²) in [7, 11) is 0. The van der Waals surface area contributed by atoms with Gasteiger partial charge in [0.15, 0.2) is 5.78 Å². The normalized spacial score (nSPS) is 12.7. The quantitative estimate of drug-likeness (QED) is 0.680. The summed E-state index contributed by atoms with van der Waals surface area (Å²) in [4.78, 5) is 12.1. The molecule has 15 heavy (non-hydrogen) atoms. The summed E-state index contributed by atoms with van der Waals surface area (Å²) in [5, 5.41) is 3.92. The maximum absolute atomic E-state index is 12.1. The molecular formula is C12H17BrOS. The molecule has 3 heteroatoms. The van der Waals surface area contributed by atoms with Crippen LogP contribution < -0.4 is 0 Å². The summed E-state index contributed by atoms with van der Waals surface area (Å²) in [5.74, 6) is 0.509. The molecule has 1 aromatic rings. The smallest absolute Gasteiger partial charge is 0.167 e. The number of hydrogen-bond acceptors (Lipinski definition) is 2. The number of ketones is 1. The van der Waals surface area contributed by atoms with E-state index in [2.05, 4.69) is 29.8 Å². The Morgan fingerprint density at radius 2 is 2.20 bits per heavy atom. The highest BCUT2D eigenvalue weighted by Gasteiger charge is 2.20. The van der Waals surface area contributed by atoms with Gasteiger partial charge in [-0.1, -0.05) is 26.7 Å². The van der Waals surface area contributed by atoms with Crippen LogP contribution in [0.15, 0.2) is 15.2 Å². The Bertz CT molecular complexity index is 319. The maximum atomic E-state index is 12.1. The van der Waals surface area contributed by atoms with Gasteiger partial charge in [0.05, 0.1) is 0 Å². The van der Waals surface area contributed by atoms with Crippen LogP contribution in [0.3, 0.4) is 0 Å². The summed E-state index contributed by atoms with van der Waals surface area (Å²) >= 11 is 5.00. The SMILES string of the molecule is CCCCC(CC)C(=O)c1cscc1Br. The zero-order valence-electron chi connectivity index (χ0n) is 9.25. The predicted molar refractivity (Wildman–Crippen MR) is 69.7 cm³/mol. The molecule has 0 spiro atoms. The molecule has 0 N–H and O–H groups in total. The number of carbonyl (C=O) groups is 1. The third-order valence-corrected chi connectivity index (χ3v) is 4.35. The topological polar surface area (TPSA) is 17.1 Å². The highest BCUT2D eigenvalue weighted by molar-refractivity contribution is 9.10. The largest absolute Gasteiger partial charge is 0.294 e. The summed E-state index contributed by atoms with van der Waals surface area (Å²) in [6.45, 7) is 4.26. The van der Waals surface area contributed by atoms with Gasteiger partial charge in [0, 0.05) is 26.7 Å². The number of unbranched alkanes of at least 4 members (excludes halogenated alkanes) is 1. The van der Waals surface area contributed by atoms with Gasteiger partial charge in [0.25, 0.3) is 0 Å². The Morgan fingerprint density at radius 1 is 1.47 bits per heavy atom. The highest BCUT2D eigenvalue weighted by Crippen LogP contribution is 2.27. The third-order valence-electron chi connectivity index (χ3n) is 2.65. The van der Waals surface area contributed by atoms with Gasteiger partial charge in [-0.3, -0.25) is 4.79 Å². The molecule has 0 aliphatic heterocycles. The number of hydrogen-bond donors (Lipinski definition) is 0. The van der Waals surface area contributed by atoms with E-state index in [0.717, 1.165) is 35.7 Å². The molecule has 0 amide bonds. The zero-order chi connectivity index (χ0) is 11.3. The van der Waals surface area contributed by atoms with Gasteiger partial charge in [-0.15, -0.1) is 0 Å². The van der Waals surface area contributed by atoms with Crippen molar-refractivity contribution in [3.05, 3.63) is 20.8 Å². The number of thiophene rings is 1.